The van der Waals surface area contributed by atoms with Crippen LogP contribution >= 0.6 is 0 Å². The molecule has 712 valence electrons. The molecule has 0 N–H and O–H groups in total. The molecule has 0 saturated heterocycles. The monoisotopic (exact) mass is 1770 g/mol. The SMILES string of the molecule is CC(C)(C)Oc1c(C(C)(C)C)ccc2ccc3ccccc3c12.CC(C)(C)Oc1c(C(C)(C)C)ccc2ccc3ccccc3c12.CC(C)(C)c1ccccc1N(c1ccccc1)C(C)(C)C.CN(c1ccccc1C(C)(C)C)C(C)(C)C.CN(c1ccccc1C(C)(C)C)C(C)(C)C.CN(c1ccccc1C(C)(C)C)C(C)(C)C.CN(c1ccccc1C(C)(C)C)C(C)(C)C. The van der Waals surface area contributed by atoms with Gasteiger partial charge in [0.15, 0.2) is 0 Å². The van der Waals surface area contributed by atoms with Crippen LogP contribution in [0.5, 0.6) is 11.5 Å². The van der Waals surface area contributed by atoms with Crippen molar-refractivity contribution in [1.82, 2.24) is 0 Å². The Morgan fingerprint density at radius 3 is 0.603 bits per heavy atom. The first-order valence-corrected chi connectivity index (χ1v) is 48.2. The van der Waals surface area contributed by atoms with Crippen molar-refractivity contribution in [3.8, 4) is 11.5 Å². The summed E-state index contributed by atoms with van der Waals surface area (Å²) < 4.78 is 13.0. The van der Waals surface area contributed by atoms with E-state index >= 15 is 0 Å². The zero-order valence-corrected chi connectivity index (χ0v) is 91.2. The lowest BCUT2D eigenvalue weighted by Crippen LogP contribution is -2.39. The summed E-state index contributed by atoms with van der Waals surface area (Å²) in [6.45, 7) is 93.9. The Labute approximate surface area is 801 Å². The van der Waals surface area contributed by atoms with E-state index in [0.29, 0.717) is 0 Å². The van der Waals surface area contributed by atoms with Crippen molar-refractivity contribution in [3.05, 3.63) is 288 Å². The predicted octanol–water partition coefficient (Wildman–Crippen LogP) is 35.7. The average Bonchev–Trinajstić information content (AvgIpc) is 0.751. The van der Waals surface area contributed by atoms with Crippen LogP contribution < -0.4 is 34.0 Å². The van der Waals surface area contributed by atoms with E-state index in [2.05, 4.69) is 592 Å². The molecule has 0 aliphatic rings. The summed E-state index contributed by atoms with van der Waals surface area (Å²) in [4.78, 5) is 11.9. The van der Waals surface area contributed by atoms with E-state index in [4.69, 9.17) is 9.47 Å². The molecule has 0 aliphatic carbocycles. The molecule has 12 rings (SSSR count). The second-order valence-electron chi connectivity index (χ2n) is 50.2. The fraction of sp³-hybridized carbons (Fsp3) is 0.484. The number of hydrogen-bond donors (Lipinski definition) is 0. The number of anilines is 6. The number of ether oxygens (including phenoxy) is 2. The molecule has 0 heterocycles. The number of fused-ring (bicyclic) bond motifs is 6. The van der Waals surface area contributed by atoms with Crippen molar-refractivity contribution in [1.29, 1.82) is 0 Å². The highest BCUT2D eigenvalue weighted by molar-refractivity contribution is 6.12. The number of rotatable bonds is 8. The van der Waals surface area contributed by atoms with Crippen LogP contribution in [-0.4, -0.2) is 67.1 Å². The molecule has 0 fully saturated rings. The van der Waals surface area contributed by atoms with Crippen LogP contribution in [0.2, 0.25) is 0 Å². The normalized spacial score (nSPS) is 12.7. The molecule has 0 spiro atoms. The Morgan fingerprint density at radius 1 is 0.176 bits per heavy atom. The molecule has 12 aromatic rings. The maximum Gasteiger partial charge on any atom is 0.132 e. The molecule has 7 nitrogen and oxygen atoms in total. The van der Waals surface area contributed by atoms with E-state index in [-0.39, 0.29) is 76.8 Å². The van der Waals surface area contributed by atoms with Gasteiger partial charge in [0.05, 0.1) is 0 Å². The van der Waals surface area contributed by atoms with Crippen molar-refractivity contribution in [2.75, 3.05) is 52.7 Å². The predicted molar refractivity (Wildman–Crippen MR) is 588 cm³/mol. The molecular weight excluding hydrogens is 1590 g/mol. The zero-order chi connectivity index (χ0) is 99.6. The molecule has 0 aliphatic heterocycles. The van der Waals surface area contributed by atoms with E-state index in [9.17, 15) is 0 Å². The molecule has 0 radical (unpaired) electrons. The summed E-state index contributed by atoms with van der Waals surface area (Å²) in [5, 5.41) is 9.95. The maximum absolute atomic E-state index is 6.48. The molecule has 0 aromatic heterocycles. The van der Waals surface area contributed by atoms with Crippen LogP contribution in [0, 0.1) is 0 Å². The Bertz CT molecular complexity index is 5200. The zero-order valence-electron chi connectivity index (χ0n) is 91.2. The van der Waals surface area contributed by atoms with Crippen LogP contribution in [0.25, 0.3) is 43.1 Å². The lowest BCUT2D eigenvalue weighted by Gasteiger charge is -2.40. The van der Waals surface area contributed by atoms with Crippen LogP contribution in [0.15, 0.2) is 249 Å². The van der Waals surface area contributed by atoms with E-state index in [0.717, 1.165) is 11.5 Å². The lowest BCUT2D eigenvalue weighted by molar-refractivity contribution is 0.129. The minimum absolute atomic E-state index is 0.0166. The number of para-hydroxylation sites is 6. The van der Waals surface area contributed by atoms with E-state index in [1.807, 2.05) is 0 Å². The summed E-state index contributed by atoms with van der Waals surface area (Å²) in [5.74, 6) is 2.05. The van der Waals surface area contributed by atoms with Gasteiger partial charge in [0.25, 0.3) is 0 Å². The summed E-state index contributed by atoms with van der Waals surface area (Å²) in [6, 6.07) is 88.9. The highest BCUT2D eigenvalue weighted by Gasteiger charge is 2.34. The molecular formula is C124H179N5O2. The molecule has 0 amide bonds. The third kappa shape index (κ3) is 30.9. The summed E-state index contributed by atoms with van der Waals surface area (Å²) in [5.41, 5.74) is 18.5. The van der Waals surface area contributed by atoms with Gasteiger partial charge < -0.3 is 34.0 Å². The molecule has 0 bridgehead atoms. The molecule has 131 heavy (non-hydrogen) atoms. The van der Waals surface area contributed by atoms with Gasteiger partial charge in [-0.05, 0) is 286 Å². The van der Waals surface area contributed by atoms with Gasteiger partial charge >= 0.3 is 0 Å². The smallest absolute Gasteiger partial charge is 0.132 e. The highest BCUT2D eigenvalue weighted by Crippen LogP contribution is 2.47. The second-order valence-corrected chi connectivity index (χ2v) is 50.2. The van der Waals surface area contributed by atoms with Crippen molar-refractivity contribution in [2.45, 2.75) is 368 Å². The largest absolute Gasteiger partial charge is 0.487 e. The maximum atomic E-state index is 6.48. The minimum atomic E-state index is -0.231. The van der Waals surface area contributed by atoms with Gasteiger partial charge in [-0.2, -0.15) is 0 Å². The average molecular weight is 1770 g/mol. The lowest BCUT2D eigenvalue weighted by atomic mass is 9.84. The minimum Gasteiger partial charge on any atom is -0.487 e. The van der Waals surface area contributed by atoms with Crippen molar-refractivity contribution in [2.24, 2.45) is 0 Å². The molecule has 7 heteroatoms. The topological polar surface area (TPSA) is 34.7 Å². The van der Waals surface area contributed by atoms with E-state index in [1.54, 1.807) is 0 Å². The quantitative estimate of drug-likeness (QED) is 0.140. The third-order valence-electron chi connectivity index (χ3n) is 24.1. The second kappa shape index (κ2) is 42.2. The van der Waals surface area contributed by atoms with E-state index < -0.39 is 0 Å². The van der Waals surface area contributed by atoms with Gasteiger partial charge in [-0.3, -0.25) is 0 Å². The van der Waals surface area contributed by atoms with Crippen LogP contribution in [0.1, 0.15) is 330 Å². The molecule has 0 unspecified atom stereocenters. The summed E-state index contributed by atoms with van der Waals surface area (Å²) in [7, 11) is 8.68. The van der Waals surface area contributed by atoms with Gasteiger partial charge in [-0.1, -0.05) is 352 Å². The summed E-state index contributed by atoms with van der Waals surface area (Å²) in [6.07, 6.45) is 0. The van der Waals surface area contributed by atoms with Gasteiger partial charge in [0.2, 0.25) is 0 Å². The van der Waals surface area contributed by atoms with Crippen LogP contribution in [-0.2, 0) is 37.9 Å². The van der Waals surface area contributed by atoms with Crippen molar-refractivity contribution in [3.63, 3.8) is 0 Å². The van der Waals surface area contributed by atoms with E-state index in [1.165, 1.54) is 116 Å². The number of benzene rings is 12. The fourth-order valence-electron chi connectivity index (χ4n) is 15.9. The Hall–Kier alpha value is -9.72. The molecule has 0 saturated carbocycles. The fourth-order valence-corrected chi connectivity index (χ4v) is 15.9. The van der Waals surface area contributed by atoms with Crippen molar-refractivity contribution >= 4 is 77.2 Å². The molecule has 0 atom stereocenters. The number of nitrogens with zero attached hydrogens (tertiary/aromatic N) is 5. The van der Waals surface area contributed by atoms with Crippen molar-refractivity contribution < 1.29 is 9.47 Å². The van der Waals surface area contributed by atoms with Gasteiger partial charge in [-0.15, -0.1) is 0 Å². The van der Waals surface area contributed by atoms with Gasteiger partial charge in [0.1, 0.15) is 22.7 Å². The van der Waals surface area contributed by atoms with Gasteiger partial charge in [0, 0.05) is 112 Å². The first kappa shape index (κ1) is 110. The molecule has 12 aromatic carbocycles. The number of hydrogen-bond acceptors (Lipinski definition) is 7. The highest BCUT2D eigenvalue weighted by atomic mass is 16.5. The standard InChI is InChI=1S/2C22H26O.C20H27N.4C15H25N/c2*1-21(2,3)18-14-13-16-12-11-15-9-7-8-10-17(15)19(16)20(18)23-22(4,5)6;1-19(2,3)17-14-10-11-15-18(17)21(20(4,5)6)16-12-8-7-9-13-16;4*1-14(2,3)12-10-8-9-11-13(12)16(7)15(4,5)6/h2*7-14H,1-6H3;7-15H,1-6H3;4*8-11H,1-7H3. The van der Waals surface area contributed by atoms with Crippen LogP contribution in [0.3, 0.4) is 0 Å². The first-order chi connectivity index (χ1) is 59.6. The van der Waals surface area contributed by atoms with Crippen LogP contribution in [0.4, 0.5) is 34.1 Å². The Morgan fingerprint density at radius 2 is 0.374 bits per heavy atom. The third-order valence-corrected chi connectivity index (χ3v) is 24.1. The van der Waals surface area contributed by atoms with Gasteiger partial charge in [-0.25, -0.2) is 0 Å². The Balaban J connectivity index is 0.000000237. The first-order valence-electron chi connectivity index (χ1n) is 48.2. The Kier molecular flexibility index (Phi) is 35.5. The summed E-state index contributed by atoms with van der Waals surface area (Å²) >= 11 is 0.